The van der Waals surface area contributed by atoms with E-state index in [1.165, 1.54) is 18.4 Å². The molecule has 0 unspecified atom stereocenters. The van der Waals surface area contributed by atoms with Gasteiger partial charge in [-0.25, -0.2) is 9.97 Å². The van der Waals surface area contributed by atoms with Crippen LogP contribution in [0.1, 0.15) is 65.4 Å². The van der Waals surface area contributed by atoms with Gasteiger partial charge in [0.25, 0.3) is 0 Å². The van der Waals surface area contributed by atoms with Crippen molar-refractivity contribution in [3.63, 3.8) is 0 Å². The normalized spacial score (nSPS) is 11.0. The number of hydrogen-bond acceptors (Lipinski definition) is 3. The molecule has 0 spiro atoms. The van der Waals surface area contributed by atoms with Gasteiger partial charge in [-0.2, -0.15) is 0 Å². The highest BCUT2D eigenvalue weighted by Crippen LogP contribution is 2.17. The van der Waals surface area contributed by atoms with Crippen LogP contribution >= 0.6 is 0 Å². The molecule has 0 amide bonds. The van der Waals surface area contributed by atoms with Crippen LogP contribution in [0.2, 0.25) is 0 Å². The summed E-state index contributed by atoms with van der Waals surface area (Å²) in [6.07, 6.45) is 10.9. The average Bonchev–Trinajstić information content (AvgIpc) is 2.45. The summed E-state index contributed by atoms with van der Waals surface area (Å²) < 4.78 is 0. The molecule has 0 saturated carbocycles. The molecule has 0 saturated heterocycles. The minimum atomic E-state index is 0.559. The number of aryl methyl sites for hydroxylation is 1. The van der Waals surface area contributed by atoms with E-state index in [2.05, 4.69) is 42.6 Å². The van der Waals surface area contributed by atoms with Crippen LogP contribution in [0, 0.1) is 0 Å². The maximum atomic E-state index is 4.58. The predicted octanol–water partition coefficient (Wildman–Crippen LogP) is 4.22. The Morgan fingerprint density at radius 3 is 2.11 bits per heavy atom. The quantitative estimate of drug-likeness (QED) is 0.668. The largest absolute Gasteiger partial charge is 0.338 e. The van der Waals surface area contributed by atoms with Crippen LogP contribution < -0.4 is 4.90 Å². The Balaban J connectivity index is 2.83. The van der Waals surface area contributed by atoms with Crippen molar-refractivity contribution in [1.82, 2.24) is 9.97 Å². The van der Waals surface area contributed by atoms with Crippen molar-refractivity contribution in [1.29, 1.82) is 0 Å². The van der Waals surface area contributed by atoms with E-state index in [0.717, 1.165) is 38.2 Å². The SMILES string of the molecule is CCCCN(c1ncc(CCC)cn1)C(CC)CC. The Morgan fingerprint density at radius 1 is 1.00 bits per heavy atom. The second kappa shape index (κ2) is 8.89. The third-order valence-corrected chi connectivity index (χ3v) is 3.62. The summed E-state index contributed by atoms with van der Waals surface area (Å²) in [5.41, 5.74) is 1.24. The van der Waals surface area contributed by atoms with Crippen LogP contribution in [0.25, 0.3) is 0 Å². The van der Waals surface area contributed by atoms with E-state index >= 15 is 0 Å². The first kappa shape index (κ1) is 15.9. The summed E-state index contributed by atoms with van der Waals surface area (Å²) in [5.74, 6) is 0.905. The Kier molecular flexibility index (Phi) is 7.46. The first-order valence-electron chi connectivity index (χ1n) is 7.84. The first-order valence-corrected chi connectivity index (χ1v) is 7.84. The molecule has 0 aliphatic carbocycles. The van der Waals surface area contributed by atoms with Gasteiger partial charge in [-0.15, -0.1) is 0 Å². The zero-order chi connectivity index (χ0) is 14.1. The van der Waals surface area contributed by atoms with E-state index in [1.807, 2.05) is 12.4 Å². The fourth-order valence-corrected chi connectivity index (χ4v) is 2.42. The van der Waals surface area contributed by atoms with Crippen LogP contribution in [0.3, 0.4) is 0 Å². The summed E-state index contributed by atoms with van der Waals surface area (Å²) in [6, 6.07) is 0.559. The fourth-order valence-electron chi connectivity index (χ4n) is 2.42. The summed E-state index contributed by atoms with van der Waals surface area (Å²) in [4.78, 5) is 11.6. The maximum Gasteiger partial charge on any atom is 0.225 e. The summed E-state index contributed by atoms with van der Waals surface area (Å²) in [6.45, 7) is 9.98. The zero-order valence-electron chi connectivity index (χ0n) is 13.0. The van der Waals surface area contributed by atoms with E-state index in [4.69, 9.17) is 0 Å². The van der Waals surface area contributed by atoms with Crippen molar-refractivity contribution in [2.24, 2.45) is 0 Å². The van der Waals surface area contributed by atoms with Crippen LogP contribution in [0.15, 0.2) is 12.4 Å². The van der Waals surface area contributed by atoms with Gasteiger partial charge in [-0.3, -0.25) is 0 Å². The van der Waals surface area contributed by atoms with Crippen molar-refractivity contribution in [2.45, 2.75) is 72.3 Å². The minimum Gasteiger partial charge on any atom is -0.338 e. The number of unbranched alkanes of at least 4 members (excludes halogenated alkanes) is 1. The highest BCUT2D eigenvalue weighted by Gasteiger charge is 2.17. The van der Waals surface area contributed by atoms with Gasteiger partial charge in [0.05, 0.1) is 0 Å². The predicted molar refractivity (Wildman–Crippen MR) is 82.7 cm³/mol. The smallest absolute Gasteiger partial charge is 0.225 e. The van der Waals surface area contributed by atoms with Crippen molar-refractivity contribution >= 4 is 5.95 Å². The molecule has 0 bridgehead atoms. The van der Waals surface area contributed by atoms with Gasteiger partial charge in [0.1, 0.15) is 0 Å². The molecule has 1 rings (SSSR count). The highest BCUT2D eigenvalue weighted by atomic mass is 15.3. The van der Waals surface area contributed by atoms with Gasteiger partial charge in [-0.1, -0.05) is 40.5 Å². The van der Waals surface area contributed by atoms with E-state index in [0.29, 0.717) is 6.04 Å². The first-order chi connectivity index (χ1) is 9.26. The molecule has 0 aliphatic rings. The van der Waals surface area contributed by atoms with E-state index in [-0.39, 0.29) is 0 Å². The van der Waals surface area contributed by atoms with Crippen molar-refractivity contribution in [3.05, 3.63) is 18.0 Å². The highest BCUT2D eigenvalue weighted by molar-refractivity contribution is 5.31. The third-order valence-electron chi connectivity index (χ3n) is 3.62. The molecule has 0 aliphatic heterocycles. The van der Waals surface area contributed by atoms with Gasteiger partial charge in [0.2, 0.25) is 5.95 Å². The average molecular weight is 263 g/mol. The summed E-state index contributed by atoms with van der Waals surface area (Å²) in [7, 11) is 0. The Labute approximate surface area is 118 Å². The number of hydrogen-bond donors (Lipinski definition) is 0. The third kappa shape index (κ3) is 4.81. The molecule has 0 aromatic carbocycles. The molecule has 19 heavy (non-hydrogen) atoms. The molecule has 0 fully saturated rings. The lowest BCUT2D eigenvalue weighted by atomic mass is 10.1. The van der Waals surface area contributed by atoms with Crippen molar-refractivity contribution in [3.8, 4) is 0 Å². The van der Waals surface area contributed by atoms with E-state index in [1.54, 1.807) is 0 Å². The Hall–Kier alpha value is -1.12. The zero-order valence-corrected chi connectivity index (χ0v) is 13.0. The number of anilines is 1. The topological polar surface area (TPSA) is 29.0 Å². The Morgan fingerprint density at radius 2 is 1.63 bits per heavy atom. The summed E-state index contributed by atoms with van der Waals surface area (Å²) in [5, 5.41) is 0. The minimum absolute atomic E-state index is 0.559. The van der Waals surface area contributed by atoms with E-state index < -0.39 is 0 Å². The molecular formula is C16H29N3. The van der Waals surface area contributed by atoms with Gasteiger partial charge < -0.3 is 4.90 Å². The number of aromatic nitrogens is 2. The fraction of sp³-hybridized carbons (Fsp3) is 0.750. The lowest BCUT2D eigenvalue weighted by molar-refractivity contribution is 0.534. The molecular weight excluding hydrogens is 234 g/mol. The van der Waals surface area contributed by atoms with Gasteiger partial charge >= 0.3 is 0 Å². The second-order valence-corrected chi connectivity index (χ2v) is 5.16. The van der Waals surface area contributed by atoms with Crippen LogP contribution in [0.5, 0.6) is 0 Å². The molecule has 1 aromatic heterocycles. The molecule has 1 aromatic rings. The van der Waals surface area contributed by atoms with Gasteiger partial charge in [-0.05, 0) is 31.2 Å². The lowest BCUT2D eigenvalue weighted by Gasteiger charge is -2.30. The molecule has 1 heterocycles. The van der Waals surface area contributed by atoms with Gasteiger partial charge in [0, 0.05) is 25.0 Å². The molecule has 108 valence electrons. The number of rotatable bonds is 9. The standard InChI is InChI=1S/C16H29N3/c1-5-9-11-19(15(7-3)8-4)16-17-12-14(10-6-2)13-18-16/h12-13,15H,5-11H2,1-4H3. The van der Waals surface area contributed by atoms with Crippen molar-refractivity contribution < 1.29 is 0 Å². The Bertz CT molecular complexity index is 330. The molecule has 3 heteroatoms. The van der Waals surface area contributed by atoms with Crippen molar-refractivity contribution in [2.75, 3.05) is 11.4 Å². The molecule has 3 nitrogen and oxygen atoms in total. The van der Waals surface area contributed by atoms with Gasteiger partial charge in [0.15, 0.2) is 0 Å². The molecule has 0 N–H and O–H groups in total. The lowest BCUT2D eigenvalue weighted by Crippen LogP contribution is -2.36. The van der Waals surface area contributed by atoms with E-state index in [9.17, 15) is 0 Å². The van der Waals surface area contributed by atoms with Crippen LogP contribution in [0.4, 0.5) is 5.95 Å². The van der Waals surface area contributed by atoms with Crippen LogP contribution in [-0.4, -0.2) is 22.6 Å². The van der Waals surface area contributed by atoms with Crippen LogP contribution in [-0.2, 0) is 6.42 Å². The molecule has 0 atom stereocenters. The number of nitrogens with zero attached hydrogens (tertiary/aromatic N) is 3. The molecule has 0 radical (unpaired) electrons. The second-order valence-electron chi connectivity index (χ2n) is 5.16. The monoisotopic (exact) mass is 263 g/mol. The summed E-state index contributed by atoms with van der Waals surface area (Å²) >= 11 is 0. The maximum absolute atomic E-state index is 4.58.